The Kier molecular flexibility index (Phi) is 6.65. The van der Waals surface area contributed by atoms with Crippen LogP contribution in [0.1, 0.15) is 34.6 Å². The van der Waals surface area contributed by atoms with Gasteiger partial charge in [-0.2, -0.15) is 0 Å². The van der Waals surface area contributed by atoms with Gasteiger partial charge in [-0.1, -0.05) is 30.0 Å². The summed E-state index contributed by atoms with van der Waals surface area (Å²) in [6, 6.07) is 14.8. The van der Waals surface area contributed by atoms with Crippen molar-refractivity contribution in [2.75, 3.05) is 7.11 Å². The van der Waals surface area contributed by atoms with Crippen LogP contribution in [0.3, 0.4) is 0 Å². The normalized spacial score (nSPS) is 12.6. The minimum absolute atomic E-state index is 0.0390. The van der Waals surface area contributed by atoms with E-state index in [1.165, 1.54) is 16.3 Å². The number of carbonyl (C=O) groups excluding carboxylic acids is 1. The molecule has 0 saturated heterocycles. The number of hydrogen-bond donors (Lipinski definition) is 0. The van der Waals surface area contributed by atoms with Crippen molar-refractivity contribution < 1.29 is 9.53 Å². The molecule has 0 saturated carbocycles. The fraction of sp³-hybridized carbons (Fsp3) is 0.360. The first-order valence-corrected chi connectivity index (χ1v) is 12.1. The molecule has 8 nitrogen and oxygen atoms in total. The molecule has 0 fully saturated rings. The second-order valence-electron chi connectivity index (χ2n) is 8.67. The van der Waals surface area contributed by atoms with E-state index in [1.54, 1.807) is 19.2 Å². The molecule has 2 heterocycles. The van der Waals surface area contributed by atoms with Crippen LogP contribution in [0.2, 0.25) is 0 Å². The van der Waals surface area contributed by atoms with Crippen LogP contribution in [-0.4, -0.2) is 54.4 Å². The number of rotatable bonds is 7. The first-order valence-electron chi connectivity index (χ1n) is 11.3. The molecule has 9 heteroatoms. The van der Waals surface area contributed by atoms with E-state index < -0.39 is 0 Å². The fourth-order valence-corrected chi connectivity index (χ4v) is 5.17. The molecule has 4 aromatic rings. The molecular weight excluding hydrogens is 450 g/mol. The van der Waals surface area contributed by atoms with Gasteiger partial charge in [0.15, 0.2) is 5.16 Å². The van der Waals surface area contributed by atoms with Gasteiger partial charge in [-0.05, 0) is 58.9 Å². The van der Waals surface area contributed by atoms with Crippen molar-refractivity contribution in [3.05, 3.63) is 58.9 Å². The lowest BCUT2D eigenvalue weighted by Crippen LogP contribution is -2.45. The van der Waals surface area contributed by atoms with E-state index >= 15 is 0 Å². The number of benzene rings is 2. The molecular formula is C25H29N5O3S. The molecule has 4 rings (SSSR count). The summed E-state index contributed by atoms with van der Waals surface area (Å²) in [6.45, 7) is 9.94. The maximum absolute atomic E-state index is 13.5. The van der Waals surface area contributed by atoms with E-state index in [0.29, 0.717) is 33.3 Å². The van der Waals surface area contributed by atoms with Crippen molar-refractivity contribution in [1.82, 2.24) is 24.1 Å². The summed E-state index contributed by atoms with van der Waals surface area (Å²) in [6.07, 6.45) is 0. The predicted molar refractivity (Wildman–Crippen MR) is 135 cm³/mol. The highest BCUT2D eigenvalue weighted by Crippen LogP contribution is 2.28. The van der Waals surface area contributed by atoms with Crippen molar-refractivity contribution >= 4 is 34.3 Å². The van der Waals surface area contributed by atoms with E-state index in [9.17, 15) is 9.59 Å². The Morgan fingerprint density at radius 1 is 1.00 bits per heavy atom. The number of ether oxygens (including phenoxy) is 1. The summed E-state index contributed by atoms with van der Waals surface area (Å²) in [4.78, 5) is 28.6. The van der Waals surface area contributed by atoms with Crippen molar-refractivity contribution in [3.63, 3.8) is 0 Å². The third-order valence-electron chi connectivity index (χ3n) is 5.70. The summed E-state index contributed by atoms with van der Waals surface area (Å²) in [5.74, 6) is 1.05. The Hall–Kier alpha value is -3.33. The Balaban J connectivity index is 1.89. The summed E-state index contributed by atoms with van der Waals surface area (Å²) < 4.78 is 8.73. The van der Waals surface area contributed by atoms with E-state index in [2.05, 4.69) is 10.2 Å². The van der Waals surface area contributed by atoms with Crippen molar-refractivity contribution in [3.8, 4) is 11.4 Å². The van der Waals surface area contributed by atoms with Crippen molar-refractivity contribution in [1.29, 1.82) is 0 Å². The molecule has 34 heavy (non-hydrogen) atoms. The fourth-order valence-electron chi connectivity index (χ4n) is 4.26. The van der Waals surface area contributed by atoms with Crippen LogP contribution in [0.15, 0.2) is 58.5 Å². The number of thioether (sulfide) groups is 1. The van der Waals surface area contributed by atoms with Gasteiger partial charge in [0.05, 0.1) is 29.0 Å². The van der Waals surface area contributed by atoms with Crippen LogP contribution in [0, 0.1) is 0 Å². The monoisotopic (exact) mass is 479 g/mol. The standard InChI is InChI=1S/C25H29N5O3S/c1-15(2)28(16(3)4)22(31)17(5)34-25-27-26-24-29(18-10-9-11-19(14-18)33-6)23(32)20-12-7-8-13-21(20)30(24)25/h7-17H,1-6H3. The van der Waals surface area contributed by atoms with Crippen LogP contribution in [0.25, 0.3) is 22.4 Å². The highest BCUT2D eigenvalue weighted by Gasteiger charge is 2.28. The van der Waals surface area contributed by atoms with E-state index in [-0.39, 0.29) is 28.8 Å². The molecule has 1 amide bonds. The van der Waals surface area contributed by atoms with Gasteiger partial charge in [0.2, 0.25) is 11.7 Å². The zero-order valence-corrected chi connectivity index (χ0v) is 21.0. The summed E-state index contributed by atoms with van der Waals surface area (Å²) >= 11 is 1.34. The number of methoxy groups -OCH3 is 1. The van der Waals surface area contributed by atoms with Crippen LogP contribution in [0.5, 0.6) is 5.75 Å². The second-order valence-corrected chi connectivity index (χ2v) is 9.98. The molecule has 1 unspecified atom stereocenters. The molecule has 0 N–H and O–H groups in total. The SMILES string of the molecule is COc1cccc(-n2c(=O)c3ccccc3n3c(SC(C)C(=O)N(C(C)C)C(C)C)nnc23)c1. The molecule has 0 aliphatic rings. The van der Waals surface area contributed by atoms with Crippen molar-refractivity contribution in [2.24, 2.45) is 0 Å². The molecule has 0 bridgehead atoms. The Labute approximate surface area is 202 Å². The first-order chi connectivity index (χ1) is 16.2. The summed E-state index contributed by atoms with van der Waals surface area (Å²) in [7, 11) is 1.58. The van der Waals surface area contributed by atoms with E-state index in [4.69, 9.17) is 4.74 Å². The highest BCUT2D eigenvalue weighted by atomic mass is 32.2. The number of para-hydroxylation sites is 1. The van der Waals surface area contributed by atoms with Gasteiger partial charge in [0, 0.05) is 18.2 Å². The van der Waals surface area contributed by atoms with Gasteiger partial charge < -0.3 is 9.64 Å². The Bertz CT molecular complexity index is 1400. The molecule has 0 radical (unpaired) electrons. The molecule has 1 atom stereocenters. The van der Waals surface area contributed by atoms with E-state index in [0.717, 1.165) is 0 Å². The smallest absolute Gasteiger partial charge is 0.267 e. The number of fused-ring (bicyclic) bond motifs is 3. The second kappa shape index (κ2) is 9.50. The van der Waals surface area contributed by atoms with Gasteiger partial charge in [-0.15, -0.1) is 10.2 Å². The zero-order valence-electron chi connectivity index (χ0n) is 20.2. The predicted octanol–water partition coefficient (Wildman–Crippen LogP) is 4.17. The first kappa shape index (κ1) is 23.8. The molecule has 0 spiro atoms. The van der Waals surface area contributed by atoms with Gasteiger partial charge in [0.25, 0.3) is 5.56 Å². The van der Waals surface area contributed by atoms with Gasteiger partial charge in [0.1, 0.15) is 5.75 Å². The lowest BCUT2D eigenvalue weighted by Gasteiger charge is -2.32. The lowest BCUT2D eigenvalue weighted by atomic mass is 10.2. The molecule has 178 valence electrons. The topological polar surface area (TPSA) is 81.7 Å². The number of amides is 1. The van der Waals surface area contributed by atoms with Gasteiger partial charge in [-0.3, -0.25) is 14.0 Å². The highest BCUT2D eigenvalue weighted by molar-refractivity contribution is 8.00. The minimum atomic E-state index is -0.381. The molecule has 2 aromatic heterocycles. The maximum atomic E-state index is 13.5. The molecule has 0 aliphatic carbocycles. The van der Waals surface area contributed by atoms with Crippen LogP contribution < -0.4 is 10.3 Å². The van der Waals surface area contributed by atoms with Crippen molar-refractivity contribution in [2.45, 2.75) is 57.1 Å². The van der Waals surface area contributed by atoms with Gasteiger partial charge >= 0.3 is 0 Å². The average Bonchev–Trinajstić information content (AvgIpc) is 3.22. The molecule has 0 aliphatic heterocycles. The Morgan fingerprint density at radius 2 is 1.71 bits per heavy atom. The summed E-state index contributed by atoms with van der Waals surface area (Å²) in [5.41, 5.74) is 1.12. The third kappa shape index (κ3) is 4.16. The number of aromatic nitrogens is 4. The van der Waals surface area contributed by atoms with Gasteiger partial charge in [-0.25, -0.2) is 4.57 Å². The largest absolute Gasteiger partial charge is 0.497 e. The number of nitrogens with zero attached hydrogens (tertiary/aromatic N) is 5. The molecule has 2 aromatic carbocycles. The number of carbonyl (C=O) groups is 1. The average molecular weight is 480 g/mol. The minimum Gasteiger partial charge on any atom is -0.497 e. The lowest BCUT2D eigenvalue weighted by molar-refractivity contribution is -0.133. The Morgan fingerprint density at radius 3 is 2.38 bits per heavy atom. The van der Waals surface area contributed by atoms with E-state index in [1.807, 2.05) is 80.3 Å². The van der Waals surface area contributed by atoms with Crippen LogP contribution in [0.4, 0.5) is 0 Å². The third-order valence-corrected chi connectivity index (χ3v) is 6.73. The van der Waals surface area contributed by atoms with Crippen LogP contribution in [-0.2, 0) is 4.79 Å². The zero-order chi connectivity index (χ0) is 24.6. The quantitative estimate of drug-likeness (QED) is 0.370. The summed E-state index contributed by atoms with van der Waals surface area (Å²) in [5, 5.41) is 9.48. The van der Waals surface area contributed by atoms with Crippen LogP contribution >= 0.6 is 11.8 Å². The maximum Gasteiger partial charge on any atom is 0.267 e. The number of hydrogen-bond acceptors (Lipinski definition) is 6.